The molecule has 1 saturated heterocycles. The number of aromatic carboxylic acids is 1. The van der Waals surface area contributed by atoms with E-state index in [1.165, 1.54) is 0 Å². The second-order valence-corrected chi connectivity index (χ2v) is 5.12. The van der Waals surface area contributed by atoms with E-state index >= 15 is 0 Å². The maximum absolute atomic E-state index is 11.0. The molecule has 1 aromatic heterocycles. The third kappa shape index (κ3) is 3.58. The van der Waals surface area contributed by atoms with E-state index < -0.39 is 5.97 Å². The van der Waals surface area contributed by atoms with Gasteiger partial charge < -0.3 is 15.2 Å². The van der Waals surface area contributed by atoms with Crippen LogP contribution in [0.15, 0.2) is 12.1 Å². The van der Waals surface area contributed by atoms with Gasteiger partial charge >= 0.3 is 5.97 Å². The molecule has 0 bridgehead atoms. The first-order valence-corrected chi connectivity index (χ1v) is 6.70. The molecule has 19 heavy (non-hydrogen) atoms. The number of ether oxygens (including phenoxy) is 1. The molecule has 0 saturated carbocycles. The van der Waals surface area contributed by atoms with Gasteiger partial charge in [0.15, 0.2) is 5.69 Å². The van der Waals surface area contributed by atoms with Gasteiger partial charge in [0.2, 0.25) is 0 Å². The zero-order valence-corrected chi connectivity index (χ0v) is 11.5. The van der Waals surface area contributed by atoms with Crippen LogP contribution in [-0.4, -0.2) is 35.3 Å². The second-order valence-electron chi connectivity index (χ2n) is 4.71. The van der Waals surface area contributed by atoms with Crippen molar-refractivity contribution in [2.24, 2.45) is 5.92 Å². The monoisotopic (exact) mass is 284 g/mol. The summed E-state index contributed by atoms with van der Waals surface area (Å²) in [6.45, 7) is 3.64. The summed E-state index contributed by atoms with van der Waals surface area (Å²) < 4.78 is 5.33. The van der Waals surface area contributed by atoms with Gasteiger partial charge in [0, 0.05) is 19.3 Å². The number of hydrogen-bond donors (Lipinski definition) is 2. The zero-order valence-electron chi connectivity index (χ0n) is 10.7. The number of hydrogen-bond acceptors (Lipinski definition) is 4. The molecular weight excluding hydrogens is 268 g/mol. The fourth-order valence-electron chi connectivity index (χ4n) is 2.24. The molecule has 1 unspecified atom stereocenters. The zero-order chi connectivity index (χ0) is 13.8. The van der Waals surface area contributed by atoms with Gasteiger partial charge in [-0.15, -0.1) is 0 Å². The highest BCUT2D eigenvalue weighted by molar-refractivity contribution is 6.33. The second kappa shape index (κ2) is 6.21. The molecule has 5 nitrogen and oxygen atoms in total. The maximum atomic E-state index is 11.0. The predicted molar refractivity (Wildman–Crippen MR) is 72.8 cm³/mol. The van der Waals surface area contributed by atoms with Crippen molar-refractivity contribution in [1.82, 2.24) is 4.98 Å². The highest BCUT2D eigenvalue weighted by Crippen LogP contribution is 2.22. The Bertz CT molecular complexity index is 461. The topological polar surface area (TPSA) is 71.5 Å². The van der Waals surface area contributed by atoms with Crippen molar-refractivity contribution in [3.05, 3.63) is 22.8 Å². The summed E-state index contributed by atoms with van der Waals surface area (Å²) in [7, 11) is 0. The summed E-state index contributed by atoms with van der Waals surface area (Å²) in [5.41, 5.74) is -0.120. The molecule has 2 heterocycles. The first-order chi connectivity index (χ1) is 9.08. The molecular formula is C13H17ClN2O3. The molecule has 6 heteroatoms. The summed E-state index contributed by atoms with van der Waals surface area (Å²) in [5.74, 6) is -0.0623. The van der Waals surface area contributed by atoms with Crippen LogP contribution in [-0.2, 0) is 4.74 Å². The number of halogens is 1. The minimum absolute atomic E-state index is 0.120. The normalized spacial score (nSPS) is 18.0. The van der Waals surface area contributed by atoms with Crippen molar-refractivity contribution < 1.29 is 14.6 Å². The lowest BCUT2D eigenvalue weighted by atomic mass is 9.93. The molecule has 0 amide bonds. The van der Waals surface area contributed by atoms with Gasteiger partial charge in [0.05, 0.1) is 5.02 Å². The van der Waals surface area contributed by atoms with Crippen LogP contribution in [0, 0.1) is 5.92 Å². The Morgan fingerprint density at radius 3 is 2.84 bits per heavy atom. The van der Waals surface area contributed by atoms with Gasteiger partial charge in [-0.2, -0.15) is 0 Å². The van der Waals surface area contributed by atoms with Gasteiger partial charge in [-0.1, -0.05) is 11.6 Å². The van der Waals surface area contributed by atoms with Crippen LogP contribution in [0.4, 0.5) is 5.82 Å². The molecule has 2 rings (SSSR count). The number of aromatic nitrogens is 1. The van der Waals surface area contributed by atoms with Crippen molar-refractivity contribution in [3.63, 3.8) is 0 Å². The number of anilines is 1. The van der Waals surface area contributed by atoms with Gasteiger partial charge in [0.25, 0.3) is 0 Å². The highest BCUT2D eigenvalue weighted by Gasteiger charge is 2.21. The Kier molecular flexibility index (Phi) is 4.61. The van der Waals surface area contributed by atoms with E-state index in [2.05, 4.69) is 17.2 Å². The van der Waals surface area contributed by atoms with Crippen LogP contribution >= 0.6 is 11.6 Å². The number of nitrogens with one attached hydrogen (secondary N) is 1. The third-order valence-corrected chi connectivity index (χ3v) is 3.70. The number of nitrogens with zero attached hydrogens (tertiary/aromatic N) is 1. The Morgan fingerprint density at radius 1 is 1.53 bits per heavy atom. The van der Waals surface area contributed by atoms with Gasteiger partial charge in [-0.25, -0.2) is 9.78 Å². The van der Waals surface area contributed by atoms with Crippen LogP contribution in [0.3, 0.4) is 0 Å². The number of carboxylic acid groups (broad SMARTS) is 1. The van der Waals surface area contributed by atoms with Crippen LogP contribution < -0.4 is 5.32 Å². The summed E-state index contributed by atoms with van der Waals surface area (Å²) >= 11 is 5.79. The quantitative estimate of drug-likeness (QED) is 0.889. The van der Waals surface area contributed by atoms with E-state index in [0.29, 0.717) is 11.7 Å². The van der Waals surface area contributed by atoms with E-state index in [4.69, 9.17) is 21.4 Å². The average Bonchev–Trinajstić information content (AvgIpc) is 2.41. The van der Waals surface area contributed by atoms with E-state index in [1.807, 2.05) is 0 Å². The molecule has 0 aromatic carbocycles. The van der Waals surface area contributed by atoms with Gasteiger partial charge in [-0.05, 0) is 37.8 Å². The number of carbonyl (C=O) groups is 1. The summed E-state index contributed by atoms with van der Waals surface area (Å²) in [6.07, 6.45) is 2.01. The lowest BCUT2D eigenvalue weighted by Gasteiger charge is -2.28. The molecule has 104 valence electrons. The van der Waals surface area contributed by atoms with Crippen LogP contribution in [0.1, 0.15) is 30.3 Å². The third-order valence-electron chi connectivity index (χ3n) is 3.40. The Morgan fingerprint density at radius 2 is 2.21 bits per heavy atom. The molecule has 2 N–H and O–H groups in total. The standard InChI is InChI=1S/C13H17ClN2O3/c1-8(9-4-6-19-7-5-9)15-11-3-2-10(14)12(16-11)13(17)18/h2-3,8-9H,4-7H2,1H3,(H,15,16)(H,17,18). The van der Waals surface area contributed by atoms with Gasteiger partial charge in [0.1, 0.15) is 5.82 Å². The molecule has 1 aliphatic rings. The van der Waals surface area contributed by atoms with Crippen molar-refractivity contribution >= 4 is 23.4 Å². The molecule has 0 radical (unpaired) electrons. The summed E-state index contributed by atoms with van der Waals surface area (Å²) in [6, 6.07) is 3.47. The van der Waals surface area contributed by atoms with E-state index in [1.54, 1.807) is 12.1 Å². The Balaban J connectivity index is 2.05. The van der Waals surface area contributed by atoms with Crippen molar-refractivity contribution in [2.75, 3.05) is 18.5 Å². The van der Waals surface area contributed by atoms with E-state index in [9.17, 15) is 4.79 Å². The highest BCUT2D eigenvalue weighted by atomic mass is 35.5. The Hall–Kier alpha value is -1.33. The number of pyridine rings is 1. The van der Waals surface area contributed by atoms with Gasteiger partial charge in [-0.3, -0.25) is 0 Å². The molecule has 0 aliphatic carbocycles. The van der Waals surface area contributed by atoms with E-state index in [-0.39, 0.29) is 16.8 Å². The smallest absolute Gasteiger partial charge is 0.356 e. The summed E-state index contributed by atoms with van der Waals surface area (Å²) in [5, 5.41) is 12.4. The molecule has 0 spiro atoms. The fourth-order valence-corrected chi connectivity index (χ4v) is 2.43. The largest absolute Gasteiger partial charge is 0.476 e. The number of rotatable bonds is 4. The fraction of sp³-hybridized carbons (Fsp3) is 0.538. The van der Waals surface area contributed by atoms with E-state index in [0.717, 1.165) is 26.1 Å². The first-order valence-electron chi connectivity index (χ1n) is 6.32. The van der Waals surface area contributed by atoms with Crippen LogP contribution in [0.5, 0.6) is 0 Å². The maximum Gasteiger partial charge on any atom is 0.356 e. The van der Waals surface area contributed by atoms with Crippen LogP contribution in [0.2, 0.25) is 5.02 Å². The first kappa shape index (κ1) is 14.1. The van der Waals surface area contributed by atoms with Crippen LogP contribution in [0.25, 0.3) is 0 Å². The Labute approximate surface area is 116 Å². The van der Waals surface area contributed by atoms with Crippen molar-refractivity contribution in [2.45, 2.75) is 25.8 Å². The summed E-state index contributed by atoms with van der Waals surface area (Å²) in [4.78, 5) is 15.0. The predicted octanol–water partition coefficient (Wildman–Crippen LogP) is 2.66. The lowest BCUT2D eigenvalue weighted by Crippen LogP contribution is -2.31. The molecule has 1 aliphatic heterocycles. The minimum atomic E-state index is -1.12. The molecule has 1 atom stereocenters. The average molecular weight is 285 g/mol. The van der Waals surface area contributed by atoms with Crippen molar-refractivity contribution in [3.8, 4) is 0 Å². The van der Waals surface area contributed by atoms with Crippen molar-refractivity contribution in [1.29, 1.82) is 0 Å². The SMILES string of the molecule is CC(Nc1ccc(Cl)c(C(=O)O)n1)C1CCOCC1. The molecule has 1 fully saturated rings. The number of carboxylic acids is 1. The lowest BCUT2D eigenvalue weighted by molar-refractivity contribution is 0.0622. The molecule has 1 aromatic rings. The minimum Gasteiger partial charge on any atom is -0.476 e.